The summed E-state index contributed by atoms with van der Waals surface area (Å²) in [5, 5.41) is 6.95. The minimum Gasteiger partial charge on any atom is -0.299 e. The Labute approximate surface area is 189 Å². The van der Waals surface area contributed by atoms with Gasteiger partial charge < -0.3 is 0 Å². The Morgan fingerprint density at radius 1 is 0.844 bits per heavy atom. The molecule has 1 aliphatic carbocycles. The highest BCUT2D eigenvalue weighted by molar-refractivity contribution is 5.94. The molecule has 0 unspecified atom stereocenters. The number of guanidine groups is 1. The van der Waals surface area contributed by atoms with Gasteiger partial charge in [0.15, 0.2) is 0 Å². The SMILES string of the molecule is Cc1ccc(NC2=[NH+][C@@H](c3ccccc3)[C@@H]3C(=O)C[C@H](c4ccc(C)cc4)C=C3N2)cc1. The highest BCUT2D eigenvalue weighted by atomic mass is 16.1. The van der Waals surface area contributed by atoms with Crippen molar-refractivity contribution < 1.29 is 9.79 Å². The molecule has 1 aliphatic heterocycles. The van der Waals surface area contributed by atoms with Crippen LogP contribution in [0.3, 0.4) is 0 Å². The lowest BCUT2D eigenvalue weighted by atomic mass is 9.76. The average Bonchev–Trinajstić information content (AvgIpc) is 2.81. The monoisotopic (exact) mass is 422 g/mol. The summed E-state index contributed by atoms with van der Waals surface area (Å²) in [6, 6.07) is 26.9. The van der Waals surface area contributed by atoms with Crippen LogP contribution in [0.2, 0.25) is 0 Å². The Hall–Kier alpha value is -3.66. The Balaban J connectivity index is 1.53. The van der Waals surface area contributed by atoms with Gasteiger partial charge in [0.05, 0.1) is 11.4 Å². The van der Waals surface area contributed by atoms with E-state index in [2.05, 4.69) is 96.2 Å². The van der Waals surface area contributed by atoms with E-state index in [0.717, 1.165) is 22.9 Å². The number of allylic oxidation sites excluding steroid dienone is 1. The number of aryl methyl sites for hydroxylation is 2. The second-order valence-electron chi connectivity index (χ2n) is 8.81. The zero-order valence-corrected chi connectivity index (χ0v) is 18.4. The molecular formula is C28H28N3O+. The van der Waals surface area contributed by atoms with Crippen molar-refractivity contribution in [1.82, 2.24) is 5.32 Å². The number of anilines is 1. The smallest absolute Gasteiger partial charge is 0.299 e. The van der Waals surface area contributed by atoms with E-state index in [0.29, 0.717) is 6.42 Å². The molecule has 3 aromatic rings. The lowest BCUT2D eigenvalue weighted by molar-refractivity contribution is -0.522. The van der Waals surface area contributed by atoms with E-state index in [1.54, 1.807) is 0 Å². The largest absolute Gasteiger partial charge is 0.353 e. The second kappa shape index (κ2) is 8.46. The maximum Gasteiger partial charge on any atom is 0.353 e. The molecule has 1 heterocycles. The van der Waals surface area contributed by atoms with Crippen LogP contribution in [0.1, 0.15) is 40.6 Å². The summed E-state index contributed by atoms with van der Waals surface area (Å²) in [4.78, 5) is 17.0. The van der Waals surface area contributed by atoms with Gasteiger partial charge in [0.1, 0.15) is 17.7 Å². The number of hydrogen-bond donors (Lipinski definition) is 3. The van der Waals surface area contributed by atoms with Crippen LogP contribution < -0.4 is 15.6 Å². The molecule has 3 atom stereocenters. The summed E-state index contributed by atoms with van der Waals surface area (Å²) in [7, 11) is 0. The first-order valence-corrected chi connectivity index (χ1v) is 11.2. The summed E-state index contributed by atoms with van der Waals surface area (Å²) in [5.74, 6) is 0.901. The fourth-order valence-electron chi connectivity index (χ4n) is 4.61. The Kier molecular flexibility index (Phi) is 5.36. The minimum atomic E-state index is -0.234. The van der Waals surface area contributed by atoms with Crippen LogP contribution in [0.5, 0.6) is 0 Å². The van der Waals surface area contributed by atoms with E-state index in [-0.39, 0.29) is 23.7 Å². The van der Waals surface area contributed by atoms with Gasteiger partial charge in [-0.25, -0.2) is 10.6 Å². The second-order valence-corrected chi connectivity index (χ2v) is 8.81. The molecule has 4 heteroatoms. The molecule has 0 spiro atoms. The van der Waals surface area contributed by atoms with Crippen molar-refractivity contribution in [3.63, 3.8) is 0 Å². The fourth-order valence-corrected chi connectivity index (χ4v) is 4.61. The molecule has 0 saturated heterocycles. The van der Waals surface area contributed by atoms with Crippen molar-refractivity contribution >= 4 is 17.4 Å². The van der Waals surface area contributed by atoms with Crippen LogP contribution >= 0.6 is 0 Å². The molecule has 0 bridgehead atoms. The van der Waals surface area contributed by atoms with Gasteiger partial charge in [0.25, 0.3) is 0 Å². The number of nitrogens with one attached hydrogen (secondary N) is 3. The summed E-state index contributed by atoms with van der Waals surface area (Å²) < 4.78 is 0. The first-order chi connectivity index (χ1) is 15.6. The zero-order chi connectivity index (χ0) is 22.1. The molecule has 0 radical (unpaired) electrons. The van der Waals surface area contributed by atoms with E-state index < -0.39 is 0 Å². The lowest BCUT2D eigenvalue weighted by Crippen LogP contribution is -2.84. The molecule has 3 aromatic carbocycles. The van der Waals surface area contributed by atoms with Crippen LogP contribution in [0, 0.1) is 19.8 Å². The number of Topliss-reactive ketones (excluding diaryl/α,β-unsaturated/α-hetero) is 1. The molecule has 0 aromatic heterocycles. The van der Waals surface area contributed by atoms with Gasteiger partial charge >= 0.3 is 5.96 Å². The molecule has 0 amide bonds. The van der Waals surface area contributed by atoms with Gasteiger partial charge in [-0.1, -0.05) is 77.9 Å². The molecule has 160 valence electrons. The normalized spacial score (nSPS) is 22.3. The molecule has 5 rings (SSSR count). The number of fused-ring (bicyclic) bond motifs is 1. The van der Waals surface area contributed by atoms with E-state index >= 15 is 0 Å². The van der Waals surface area contributed by atoms with Gasteiger partial charge in [-0.3, -0.25) is 9.79 Å². The number of benzene rings is 3. The van der Waals surface area contributed by atoms with Crippen LogP contribution in [0.15, 0.2) is 90.6 Å². The summed E-state index contributed by atoms with van der Waals surface area (Å²) in [6.45, 7) is 4.16. The Morgan fingerprint density at radius 2 is 1.50 bits per heavy atom. The minimum absolute atomic E-state index is 0.0806. The van der Waals surface area contributed by atoms with Crippen LogP contribution in [0.25, 0.3) is 0 Å². The maximum absolute atomic E-state index is 13.4. The lowest BCUT2D eigenvalue weighted by Gasteiger charge is -2.33. The molecule has 2 aliphatic rings. The predicted octanol–water partition coefficient (Wildman–Crippen LogP) is 3.75. The molecule has 0 fully saturated rings. The first-order valence-electron chi connectivity index (χ1n) is 11.2. The van der Waals surface area contributed by atoms with Gasteiger partial charge in [-0.05, 0) is 43.2 Å². The van der Waals surface area contributed by atoms with Crippen LogP contribution in [-0.2, 0) is 4.79 Å². The number of rotatable bonds is 3. The fraction of sp³-hybridized carbons (Fsp3) is 0.214. The summed E-state index contributed by atoms with van der Waals surface area (Å²) in [6.07, 6.45) is 2.76. The van der Waals surface area contributed by atoms with Gasteiger partial charge in [0, 0.05) is 12.3 Å². The average molecular weight is 423 g/mol. The van der Waals surface area contributed by atoms with E-state index in [1.807, 2.05) is 18.2 Å². The van der Waals surface area contributed by atoms with Crippen molar-refractivity contribution in [1.29, 1.82) is 0 Å². The maximum atomic E-state index is 13.4. The molecule has 32 heavy (non-hydrogen) atoms. The topological polar surface area (TPSA) is 55.1 Å². The quantitative estimate of drug-likeness (QED) is 0.603. The molecular weight excluding hydrogens is 394 g/mol. The zero-order valence-electron chi connectivity index (χ0n) is 18.4. The molecule has 0 saturated carbocycles. The Morgan fingerprint density at radius 3 is 2.19 bits per heavy atom. The molecule has 3 N–H and O–H groups in total. The highest BCUT2D eigenvalue weighted by Gasteiger charge is 2.43. The first kappa shape index (κ1) is 20.3. The van der Waals surface area contributed by atoms with E-state index in [9.17, 15) is 4.79 Å². The van der Waals surface area contributed by atoms with Crippen LogP contribution in [-0.4, -0.2) is 11.7 Å². The van der Waals surface area contributed by atoms with Crippen molar-refractivity contribution in [2.24, 2.45) is 5.92 Å². The third-order valence-corrected chi connectivity index (χ3v) is 6.37. The Bertz CT molecular complexity index is 1180. The summed E-state index contributed by atoms with van der Waals surface area (Å²) in [5.41, 5.74) is 6.69. The van der Waals surface area contributed by atoms with Crippen molar-refractivity contribution in [2.75, 3.05) is 5.32 Å². The third kappa shape index (κ3) is 4.09. The van der Waals surface area contributed by atoms with Crippen molar-refractivity contribution in [2.45, 2.75) is 32.2 Å². The van der Waals surface area contributed by atoms with E-state index in [1.165, 1.54) is 16.7 Å². The highest BCUT2D eigenvalue weighted by Crippen LogP contribution is 2.37. The predicted molar refractivity (Wildman–Crippen MR) is 128 cm³/mol. The van der Waals surface area contributed by atoms with Crippen molar-refractivity contribution in [3.8, 4) is 0 Å². The van der Waals surface area contributed by atoms with Gasteiger partial charge in [-0.15, -0.1) is 0 Å². The number of carbonyl (C=O) groups is 1. The third-order valence-electron chi connectivity index (χ3n) is 6.37. The number of carbonyl (C=O) groups excluding carboxylic acids is 1. The van der Waals surface area contributed by atoms with Crippen molar-refractivity contribution in [3.05, 3.63) is 113 Å². The van der Waals surface area contributed by atoms with E-state index in [4.69, 9.17) is 0 Å². The summed E-state index contributed by atoms with van der Waals surface area (Å²) >= 11 is 0. The standard InChI is InChI=1S/C28H27N3O/c1-18-8-12-20(13-9-18)22-16-24-26(25(32)17-22)27(21-6-4-3-5-7-21)31-28(30-24)29-23-14-10-19(2)11-15-23/h3-16,22,26-27H,17H2,1-2H3,(H2,29,30,31)/p+1/t22-,26+,27+/m1/s1. The number of ketones is 1. The van der Waals surface area contributed by atoms with Crippen LogP contribution in [0.4, 0.5) is 5.69 Å². The van der Waals surface area contributed by atoms with Gasteiger partial charge in [-0.2, -0.15) is 0 Å². The molecule has 4 nitrogen and oxygen atoms in total. The number of hydrogen-bond acceptors (Lipinski definition) is 3. The van der Waals surface area contributed by atoms with Gasteiger partial charge in [0.2, 0.25) is 0 Å².